The van der Waals surface area contributed by atoms with E-state index in [0.29, 0.717) is 5.92 Å². The summed E-state index contributed by atoms with van der Waals surface area (Å²) in [5.41, 5.74) is 2.96. The lowest BCUT2D eigenvalue weighted by atomic mass is 9.93. The minimum atomic E-state index is 0.461. The Morgan fingerprint density at radius 2 is 2.21 bits per heavy atom. The summed E-state index contributed by atoms with van der Waals surface area (Å²) in [5.74, 6) is 1.26. The van der Waals surface area contributed by atoms with Crippen molar-refractivity contribution in [3.63, 3.8) is 0 Å². The van der Waals surface area contributed by atoms with Gasteiger partial charge in [-0.2, -0.15) is 0 Å². The molecule has 74 valence electrons. The second-order valence-electron chi connectivity index (χ2n) is 4.04. The van der Waals surface area contributed by atoms with Crippen LogP contribution in [-0.4, -0.2) is 0 Å². The van der Waals surface area contributed by atoms with Gasteiger partial charge < -0.3 is 0 Å². The Morgan fingerprint density at radius 3 is 2.79 bits per heavy atom. The number of hydrogen-bond donors (Lipinski definition) is 0. The molecule has 0 saturated heterocycles. The Balaban J connectivity index is 2.46. The van der Waals surface area contributed by atoms with Gasteiger partial charge in [0.15, 0.2) is 0 Å². The fourth-order valence-corrected chi connectivity index (χ4v) is 2.59. The second-order valence-corrected chi connectivity index (χ2v) is 4.90. The normalized spacial score (nSPS) is 17.9. The van der Waals surface area contributed by atoms with Gasteiger partial charge >= 0.3 is 0 Å². The van der Waals surface area contributed by atoms with Crippen LogP contribution in [0.5, 0.6) is 0 Å². The van der Waals surface area contributed by atoms with E-state index in [1.807, 2.05) is 6.08 Å². The Morgan fingerprint density at radius 1 is 1.50 bits per heavy atom. The first-order chi connectivity index (χ1) is 6.74. The SMILES string of the molecule is C=CC(C)c1cccc(Br)c1C1CC1. The van der Waals surface area contributed by atoms with E-state index in [2.05, 4.69) is 47.6 Å². The van der Waals surface area contributed by atoms with E-state index in [1.54, 1.807) is 0 Å². The monoisotopic (exact) mass is 250 g/mol. The summed E-state index contributed by atoms with van der Waals surface area (Å²) in [6.45, 7) is 6.08. The second kappa shape index (κ2) is 3.90. The molecule has 14 heavy (non-hydrogen) atoms. The first kappa shape index (κ1) is 9.97. The largest absolute Gasteiger partial charge is 0.102 e. The summed E-state index contributed by atoms with van der Waals surface area (Å²) in [6, 6.07) is 6.49. The van der Waals surface area contributed by atoms with Gasteiger partial charge in [0.2, 0.25) is 0 Å². The highest BCUT2D eigenvalue weighted by Gasteiger charge is 2.28. The van der Waals surface area contributed by atoms with Crippen molar-refractivity contribution in [2.24, 2.45) is 0 Å². The van der Waals surface area contributed by atoms with Crippen molar-refractivity contribution in [1.82, 2.24) is 0 Å². The zero-order valence-electron chi connectivity index (χ0n) is 8.46. The standard InChI is InChI=1S/C13H15Br/c1-3-9(2)11-5-4-6-12(14)13(11)10-7-8-10/h3-6,9-10H,1,7-8H2,2H3. The molecule has 1 unspecified atom stereocenters. The molecule has 0 aliphatic heterocycles. The van der Waals surface area contributed by atoms with Crippen molar-refractivity contribution in [2.75, 3.05) is 0 Å². The van der Waals surface area contributed by atoms with Crippen LogP contribution < -0.4 is 0 Å². The van der Waals surface area contributed by atoms with Gasteiger partial charge in [-0.15, -0.1) is 6.58 Å². The number of hydrogen-bond acceptors (Lipinski definition) is 0. The zero-order chi connectivity index (χ0) is 10.1. The van der Waals surface area contributed by atoms with E-state index in [-0.39, 0.29) is 0 Å². The predicted molar refractivity (Wildman–Crippen MR) is 64.7 cm³/mol. The van der Waals surface area contributed by atoms with Crippen LogP contribution in [0.15, 0.2) is 35.3 Å². The summed E-state index contributed by atoms with van der Waals surface area (Å²) in [5, 5.41) is 0. The third-order valence-corrected chi connectivity index (χ3v) is 3.61. The van der Waals surface area contributed by atoms with Crippen LogP contribution in [0, 0.1) is 0 Å². The lowest BCUT2D eigenvalue weighted by Crippen LogP contribution is -1.96. The van der Waals surface area contributed by atoms with Crippen molar-refractivity contribution in [3.05, 3.63) is 46.5 Å². The maximum absolute atomic E-state index is 3.87. The summed E-state index contributed by atoms with van der Waals surface area (Å²) in [7, 11) is 0. The third-order valence-electron chi connectivity index (χ3n) is 2.92. The van der Waals surface area contributed by atoms with Gasteiger partial charge in [-0.25, -0.2) is 0 Å². The lowest BCUT2D eigenvalue weighted by molar-refractivity contribution is 0.922. The minimum Gasteiger partial charge on any atom is -0.102 e. The van der Waals surface area contributed by atoms with Gasteiger partial charge in [0.05, 0.1) is 0 Å². The summed E-state index contributed by atoms with van der Waals surface area (Å²) in [6.07, 6.45) is 4.71. The lowest BCUT2D eigenvalue weighted by Gasteiger charge is -2.14. The number of halogens is 1. The number of allylic oxidation sites excluding steroid dienone is 1. The maximum Gasteiger partial charge on any atom is 0.0213 e. The molecule has 0 aromatic heterocycles. The van der Waals surface area contributed by atoms with Gasteiger partial charge in [-0.3, -0.25) is 0 Å². The molecule has 1 atom stereocenters. The van der Waals surface area contributed by atoms with E-state index >= 15 is 0 Å². The molecular formula is C13H15Br. The fraction of sp³-hybridized carbons (Fsp3) is 0.385. The molecule has 0 bridgehead atoms. The molecule has 0 spiro atoms. The summed E-state index contributed by atoms with van der Waals surface area (Å²) in [4.78, 5) is 0. The smallest absolute Gasteiger partial charge is 0.0213 e. The Bertz CT molecular complexity index is 350. The van der Waals surface area contributed by atoms with Crippen molar-refractivity contribution in [2.45, 2.75) is 31.6 Å². The van der Waals surface area contributed by atoms with Gasteiger partial charge in [0.25, 0.3) is 0 Å². The van der Waals surface area contributed by atoms with Crippen LogP contribution >= 0.6 is 15.9 Å². The molecule has 1 heteroatoms. The van der Waals surface area contributed by atoms with E-state index in [1.165, 1.54) is 28.4 Å². The maximum atomic E-state index is 3.87. The van der Waals surface area contributed by atoms with E-state index < -0.39 is 0 Å². The molecule has 1 fully saturated rings. The van der Waals surface area contributed by atoms with Gasteiger partial charge in [-0.05, 0) is 41.9 Å². The van der Waals surface area contributed by atoms with Gasteiger partial charge in [-0.1, -0.05) is 41.1 Å². The van der Waals surface area contributed by atoms with Crippen molar-refractivity contribution >= 4 is 15.9 Å². The molecule has 0 radical (unpaired) electrons. The van der Waals surface area contributed by atoms with Crippen molar-refractivity contribution in [3.8, 4) is 0 Å². The van der Waals surface area contributed by atoms with Crippen molar-refractivity contribution < 1.29 is 0 Å². The Hall–Kier alpha value is -0.560. The molecule has 1 saturated carbocycles. The zero-order valence-corrected chi connectivity index (χ0v) is 10.0. The Kier molecular flexibility index (Phi) is 2.78. The van der Waals surface area contributed by atoms with Crippen LogP contribution in [0.2, 0.25) is 0 Å². The highest BCUT2D eigenvalue weighted by Crippen LogP contribution is 2.46. The summed E-state index contributed by atoms with van der Waals surface area (Å²) >= 11 is 3.65. The average Bonchev–Trinajstić information content (AvgIpc) is 3.00. The molecule has 1 aliphatic carbocycles. The molecule has 2 rings (SSSR count). The first-order valence-corrected chi connectivity index (χ1v) is 5.94. The predicted octanol–water partition coefficient (Wildman–Crippen LogP) is 4.62. The van der Waals surface area contributed by atoms with Crippen molar-refractivity contribution in [1.29, 1.82) is 0 Å². The molecule has 0 nitrogen and oxygen atoms in total. The number of rotatable bonds is 3. The topological polar surface area (TPSA) is 0 Å². The highest BCUT2D eigenvalue weighted by molar-refractivity contribution is 9.10. The molecular weight excluding hydrogens is 236 g/mol. The molecule has 1 aromatic rings. The summed E-state index contributed by atoms with van der Waals surface area (Å²) < 4.78 is 1.27. The molecule has 0 amide bonds. The molecule has 0 N–H and O–H groups in total. The fourth-order valence-electron chi connectivity index (χ4n) is 1.88. The highest BCUT2D eigenvalue weighted by atomic mass is 79.9. The number of benzene rings is 1. The van der Waals surface area contributed by atoms with E-state index in [4.69, 9.17) is 0 Å². The van der Waals surface area contributed by atoms with Gasteiger partial charge in [0, 0.05) is 4.47 Å². The van der Waals surface area contributed by atoms with Crippen LogP contribution in [0.25, 0.3) is 0 Å². The van der Waals surface area contributed by atoms with E-state index in [0.717, 1.165) is 5.92 Å². The minimum absolute atomic E-state index is 0.461. The van der Waals surface area contributed by atoms with E-state index in [9.17, 15) is 0 Å². The van der Waals surface area contributed by atoms with Crippen LogP contribution in [0.3, 0.4) is 0 Å². The Labute approximate surface area is 94.2 Å². The molecule has 0 heterocycles. The molecule has 1 aromatic carbocycles. The quantitative estimate of drug-likeness (QED) is 0.688. The third kappa shape index (κ3) is 1.78. The van der Waals surface area contributed by atoms with Gasteiger partial charge in [0.1, 0.15) is 0 Å². The average molecular weight is 251 g/mol. The van der Waals surface area contributed by atoms with Crippen LogP contribution in [-0.2, 0) is 0 Å². The first-order valence-electron chi connectivity index (χ1n) is 5.15. The van der Waals surface area contributed by atoms with Crippen LogP contribution in [0.4, 0.5) is 0 Å². The van der Waals surface area contributed by atoms with Crippen LogP contribution in [0.1, 0.15) is 42.7 Å². The molecule has 1 aliphatic rings.